The third-order valence-corrected chi connectivity index (χ3v) is 2.40. The quantitative estimate of drug-likeness (QED) is 0.613. The number of hydrogen-bond acceptors (Lipinski definition) is 3. The van der Waals surface area contributed by atoms with E-state index in [0.29, 0.717) is 0 Å². The molecule has 2 N–H and O–H groups in total. The Bertz CT molecular complexity index is 373. The Labute approximate surface area is 89.2 Å². The first-order valence-corrected chi connectivity index (χ1v) is 4.97. The Balaban J connectivity index is 3.27. The Morgan fingerprint density at radius 3 is 2.33 bits per heavy atom. The van der Waals surface area contributed by atoms with Crippen LogP contribution in [0, 0.1) is 10.1 Å². The predicted octanol–water partition coefficient (Wildman–Crippen LogP) is 2.74. The lowest BCUT2D eigenvalue weighted by atomic mass is 9.97. The van der Waals surface area contributed by atoms with Gasteiger partial charge in [0.25, 0.3) is 5.69 Å². The highest BCUT2D eigenvalue weighted by Crippen LogP contribution is 2.28. The third kappa shape index (κ3) is 2.53. The van der Waals surface area contributed by atoms with Crippen molar-refractivity contribution in [2.75, 3.05) is 0 Å². The lowest BCUT2D eigenvalue weighted by Crippen LogP contribution is -2.06. The normalized spacial score (nSPS) is 12.9. The van der Waals surface area contributed by atoms with Gasteiger partial charge < -0.3 is 5.73 Å². The number of nitrogens with two attached hydrogens (primary N) is 1. The fraction of sp³-hybridized carbons (Fsp3) is 0.455. The number of nitrogens with zero attached hydrogens (tertiary/aromatic N) is 1. The summed E-state index contributed by atoms with van der Waals surface area (Å²) >= 11 is 0. The van der Waals surface area contributed by atoms with Crippen molar-refractivity contribution >= 4 is 5.69 Å². The molecule has 1 rings (SSSR count). The van der Waals surface area contributed by atoms with E-state index in [1.165, 1.54) is 0 Å². The average molecular weight is 208 g/mol. The van der Waals surface area contributed by atoms with Crippen LogP contribution < -0.4 is 5.73 Å². The number of hydrogen-bond donors (Lipinski definition) is 1. The van der Waals surface area contributed by atoms with Gasteiger partial charge in [-0.25, -0.2) is 0 Å². The second kappa shape index (κ2) is 4.40. The van der Waals surface area contributed by atoms with Crippen molar-refractivity contribution in [1.82, 2.24) is 0 Å². The van der Waals surface area contributed by atoms with E-state index in [1.807, 2.05) is 26.8 Å². The molecule has 0 aliphatic heterocycles. The molecular formula is C11H16N2O2. The summed E-state index contributed by atoms with van der Waals surface area (Å²) in [4.78, 5) is 10.5. The molecule has 0 saturated carbocycles. The van der Waals surface area contributed by atoms with Crippen LogP contribution in [-0.4, -0.2) is 4.92 Å². The van der Waals surface area contributed by atoms with Gasteiger partial charge in [-0.05, 0) is 18.4 Å². The van der Waals surface area contributed by atoms with E-state index in [4.69, 9.17) is 5.73 Å². The standard InChI is InChI=1S/C11H16N2O2/c1-7(2)10-5-4-9(8(3)12)6-11(10)13(14)15/h4-8H,12H2,1-3H3. The van der Waals surface area contributed by atoms with E-state index < -0.39 is 0 Å². The van der Waals surface area contributed by atoms with Gasteiger partial charge in [0.05, 0.1) is 4.92 Å². The second-order valence-corrected chi connectivity index (χ2v) is 4.02. The molecule has 1 aromatic carbocycles. The van der Waals surface area contributed by atoms with Gasteiger partial charge in [0.15, 0.2) is 0 Å². The Kier molecular flexibility index (Phi) is 3.42. The van der Waals surface area contributed by atoms with Crippen LogP contribution in [0.4, 0.5) is 5.69 Å². The van der Waals surface area contributed by atoms with Crippen LogP contribution in [0.5, 0.6) is 0 Å². The van der Waals surface area contributed by atoms with Gasteiger partial charge in [0, 0.05) is 17.7 Å². The summed E-state index contributed by atoms with van der Waals surface area (Å²) in [5, 5.41) is 10.9. The SMILES string of the molecule is CC(C)c1ccc(C(C)N)cc1[N+](=O)[O-]. The molecule has 1 unspecified atom stereocenters. The number of nitro groups is 1. The van der Waals surface area contributed by atoms with Gasteiger partial charge in [-0.2, -0.15) is 0 Å². The molecule has 0 amide bonds. The van der Waals surface area contributed by atoms with Crippen molar-refractivity contribution < 1.29 is 4.92 Å². The molecule has 0 radical (unpaired) electrons. The zero-order chi connectivity index (χ0) is 11.6. The molecule has 0 bridgehead atoms. The zero-order valence-corrected chi connectivity index (χ0v) is 9.23. The van der Waals surface area contributed by atoms with Crippen molar-refractivity contribution in [3.05, 3.63) is 39.4 Å². The van der Waals surface area contributed by atoms with Gasteiger partial charge in [0.1, 0.15) is 0 Å². The first-order valence-electron chi connectivity index (χ1n) is 4.97. The van der Waals surface area contributed by atoms with E-state index in [-0.39, 0.29) is 22.6 Å². The second-order valence-electron chi connectivity index (χ2n) is 4.02. The van der Waals surface area contributed by atoms with Crippen molar-refractivity contribution in [2.45, 2.75) is 32.7 Å². The highest BCUT2D eigenvalue weighted by Gasteiger charge is 2.17. The maximum atomic E-state index is 10.9. The van der Waals surface area contributed by atoms with E-state index in [1.54, 1.807) is 12.1 Å². The largest absolute Gasteiger partial charge is 0.324 e. The van der Waals surface area contributed by atoms with Crippen LogP contribution in [0.3, 0.4) is 0 Å². The highest BCUT2D eigenvalue weighted by atomic mass is 16.6. The number of benzene rings is 1. The molecule has 0 aliphatic carbocycles. The first kappa shape index (κ1) is 11.7. The third-order valence-electron chi connectivity index (χ3n) is 2.40. The molecule has 82 valence electrons. The molecule has 0 fully saturated rings. The zero-order valence-electron chi connectivity index (χ0n) is 9.23. The van der Waals surface area contributed by atoms with Crippen LogP contribution in [0.1, 0.15) is 43.9 Å². The summed E-state index contributed by atoms with van der Waals surface area (Å²) < 4.78 is 0. The van der Waals surface area contributed by atoms with E-state index in [0.717, 1.165) is 11.1 Å². The van der Waals surface area contributed by atoms with Crippen LogP contribution in [0.25, 0.3) is 0 Å². The predicted molar refractivity (Wildman–Crippen MR) is 59.8 cm³/mol. The van der Waals surface area contributed by atoms with Crippen molar-refractivity contribution in [3.63, 3.8) is 0 Å². The summed E-state index contributed by atoms with van der Waals surface area (Å²) in [5.74, 6) is 0.146. The molecule has 4 heteroatoms. The average Bonchev–Trinajstić information content (AvgIpc) is 2.16. The number of nitro benzene ring substituents is 1. The maximum absolute atomic E-state index is 10.9. The van der Waals surface area contributed by atoms with Gasteiger partial charge in [0.2, 0.25) is 0 Å². The molecule has 0 heterocycles. The van der Waals surface area contributed by atoms with Gasteiger partial charge in [-0.15, -0.1) is 0 Å². The molecule has 15 heavy (non-hydrogen) atoms. The molecule has 0 aromatic heterocycles. The molecule has 1 aromatic rings. The van der Waals surface area contributed by atoms with Gasteiger partial charge >= 0.3 is 0 Å². The minimum Gasteiger partial charge on any atom is -0.324 e. The van der Waals surface area contributed by atoms with Crippen molar-refractivity contribution in [1.29, 1.82) is 0 Å². The molecule has 4 nitrogen and oxygen atoms in total. The fourth-order valence-corrected chi connectivity index (χ4v) is 1.49. The van der Waals surface area contributed by atoms with Crippen LogP contribution in [0.2, 0.25) is 0 Å². The molecule has 1 atom stereocenters. The molecule has 0 saturated heterocycles. The molecule has 0 spiro atoms. The summed E-state index contributed by atoms with van der Waals surface area (Å²) in [5.41, 5.74) is 7.40. The lowest BCUT2D eigenvalue weighted by Gasteiger charge is -2.10. The van der Waals surface area contributed by atoms with Crippen LogP contribution in [0.15, 0.2) is 18.2 Å². The smallest absolute Gasteiger partial charge is 0.273 e. The van der Waals surface area contributed by atoms with E-state index >= 15 is 0 Å². The van der Waals surface area contributed by atoms with Crippen LogP contribution >= 0.6 is 0 Å². The lowest BCUT2D eigenvalue weighted by molar-refractivity contribution is -0.385. The minimum atomic E-state index is -0.346. The van der Waals surface area contributed by atoms with Crippen LogP contribution in [-0.2, 0) is 0 Å². The topological polar surface area (TPSA) is 69.2 Å². The van der Waals surface area contributed by atoms with Crippen molar-refractivity contribution in [3.8, 4) is 0 Å². The highest BCUT2D eigenvalue weighted by molar-refractivity contribution is 5.45. The maximum Gasteiger partial charge on any atom is 0.273 e. The monoisotopic (exact) mass is 208 g/mol. The molecular weight excluding hydrogens is 192 g/mol. The summed E-state index contributed by atoms with van der Waals surface area (Å²) in [6.07, 6.45) is 0. The van der Waals surface area contributed by atoms with E-state index in [2.05, 4.69) is 0 Å². The van der Waals surface area contributed by atoms with Gasteiger partial charge in [-0.3, -0.25) is 10.1 Å². The Morgan fingerprint density at radius 1 is 1.33 bits per heavy atom. The Hall–Kier alpha value is -1.42. The fourth-order valence-electron chi connectivity index (χ4n) is 1.49. The Morgan fingerprint density at radius 2 is 1.93 bits per heavy atom. The summed E-state index contributed by atoms with van der Waals surface area (Å²) in [6.45, 7) is 5.69. The molecule has 0 aliphatic rings. The van der Waals surface area contributed by atoms with E-state index in [9.17, 15) is 10.1 Å². The van der Waals surface area contributed by atoms with Crippen molar-refractivity contribution in [2.24, 2.45) is 5.73 Å². The minimum absolute atomic E-state index is 0.146. The summed E-state index contributed by atoms with van der Waals surface area (Å²) in [6, 6.07) is 5.04. The first-order chi connectivity index (χ1) is 6.93. The summed E-state index contributed by atoms with van der Waals surface area (Å²) in [7, 11) is 0. The van der Waals surface area contributed by atoms with Gasteiger partial charge in [-0.1, -0.05) is 26.0 Å². The number of rotatable bonds is 3.